The maximum Gasteiger partial charge on any atom is 0.266 e. The van der Waals surface area contributed by atoms with Gasteiger partial charge in [-0.3, -0.25) is 24.1 Å². The van der Waals surface area contributed by atoms with E-state index in [9.17, 15) is 19.2 Å². The number of alkyl halides is 1. The molecule has 9 heteroatoms. The molecule has 8 nitrogen and oxygen atoms in total. The van der Waals surface area contributed by atoms with E-state index in [4.69, 9.17) is 16.4 Å². The first-order valence-electron chi connectivity index (χ1n) is 16.6. The molecule has 2 unspecified atom stereocenters. The second-order valence-corrected chi connectivity index (χ2v) is 15.1. The van der Waals surface area contributed by atoms with Crippen LogP contribution in [0.1, 0.15) is 118 Å². The number of halogens is 1. The van der Waals surface area contributed by atoms with E-state index in [1.54, 1.807) is 31.2 Å². The molecule has 2 fully saturated rings. The Morgan fingerprint density at radius 1 is 1.02 bits per heavy atom. The molecule has 0 aromatic heterocycles. The van der Waals surface area contributed by atoms with Gasteiger partial charge in [0.2, 0.25) is 16.8 Å². The molecule has 0 bridgehead atoms. The van der Waals surface area contributed by atoms with Crippen LogP contribution in [0.3, 0.4) is 0 Å². The Kier molecular flexibility index (Phi) is 10.0. The van der Waals surface area contributed by atoms with Crippen LogP contribution < -0.4 is 15.2 Å². The number of imide groups is 1. The number of benzene rings is 2. The Morgan fingerprint density at radius 3 is 2.20 bits per heavy atom. The molecule has 1 aliphatic carbocycles. The zero-order valence-electron chi connectivity index (χ0n) is 28.9. The number of likely N-dealkylation sites (tertiary alicyclic amines) is 1. The monoisotopic (exact) mass is 651 g/mol. The summed E-state index contributed by atoms with van der Waals surface area (Å²) in [6, 6.07) is 13.0. The highest BCUT2D eigenvalue weighted by molar-refractivity contribution is 6.39. The predicted octanol–water partition coefficient (Wildman–Crippen LogP) is 8.26. The van der Waals surface area contributed by atoms with Crippen LogP contribution in [-0.4, -0.2) is 33.5 Å². The number of hydrogen-bond donors (Lipinski definition) is 1. The predicted molar refractivity (Wildman–Crippen MR) is 183 cm³/mol. The van der Waals surface area contributed by atoms with Gasteiger partial charge in [-0.2, -0.15) is 0 Å². The maximum absolute atomic E-state index is 14.0. The molecule has 2 aromatic rings. The fourth-order valence-electron chi connectivity index (χ4n) is 6.04. The lowest BCUT2D eigenvalue weighted by Crippen LogP contribution is -2.61. The first kappa shape index (κ1) is 35.5. The Labute approximate surface area is 279 Å². The van der Waals surface area contributed by atoms with E-state index in [0.717, 1.165) is 35.3 Å². The van der Waals surface area contributed by atoms with Crippen molar-refractivity contribution >= 4 is 46.6 Å². The summed E-state index contributed by atoms with van der Waals surface area (Å²) in [4.78, 5) is 59.4. The third-order valence-corrected chi connectivity index (χ3v) is 11.3. The summed E-state index contributed by atoms with van der Waals surface area (Å²) in [6.45, 7) is 17.9. The van der Waals surface area contributed by atoms with Crippen molar-refractivity contribution in [3.05, 3.63) is 53.6 Å². The van der Waals surface area contributed by atoms with Crippen LogP contribution in [-0.2, 0) is 30.0 Å². The van der Waals surface area contributed by atoms with Gasteiger partial charge in [-0.15, -0.1) is 5.06 Å². The standard InChI is InChI=1S/C37H50ClN3O5/c1-10-34(5,6)26-19-20-29(35(7,8)11-2)30(21-26)46-41(24(4)42)28-18-14-17-27(22-28)39-32(44)37(38,25-15-13-16-25)40-31(43)23-36(9,12-3)33(40)45/h14,17-22,25H,10-13,15-16,23H2,1-9H3,(H,39,44). The molecule has 1 aliphatic heterocycles. The van der Waals surface area contributed by atoms with Crippen molar-refractivity contribution in [2.75, 3.05) is 10.4 Å². The van der Waals surface area contributed by atoms with Crippen LogP contribution in [0.25, 0.3) is 0 Å². The number of hydrogen-bond acceptors (Lipinski definition) is 5. The second kappa shape index (κ2) is 13.0. The van der Waals surface area contributed by atoms with Gasteiger partial charge in [-0.05, 0) is 72.8 Å². The van der Waals surface area contributed by atoms with E-state index in [-0.39, 0.29) is 29.1 Å². The summed E-state index contributed by atoms with van der Waals surface area (Å²) in [6.07, 6.45) is 4.40. The maximum atomic E-state index is 14.0. The Hall–Kier alpha value is -3.39. The zero-order chi connectivity index (χ0) is 34.2. The topological polar surface area (TPSA) is 96.0 Å². The summed E-state index contributed by atoms with van der Waals surface area (Å²) in [5.74, 6) is -1.62. The lowest BCUT2D eigenvalue weighted by molar-refractivity contribution is -0.153. The number of amides is 4. The summed E-state index contributed by atoms with van der Waals surface area (Å²) in [5, 5.41) is 4.09. The summed E-state index contributed by atoms with van der Waals surface area (Å²) in [7, 11) is 0. The molecule has 0 radical (unpaired) electrons. The minimum Gasteiger partial charge on any atom is -0.372 e. The third kappa shape index (κ3) is 6.42. The molecule has 250 valence electrons. The van der Waals surface area contributed by atoms with Crippen molar-refractivity contribution in [1.29, 1.82) is 0 Å². The quantitative estimate of drug-likeness (QED) is 0.108. The first-order valence-corrected chi connectivity index (χ1v) is 16.9. The smallest absolute Gasteiger partial charge is 0.266 e. The second-order valence-electron chi connectivity index (χ2n) is 14.5. The number of nitrogens with zero attached hydrogens (tertiary/aromatic N) is 2. The minimum atomic E-state index is -1.85. The zero-order valence-corrected chi connectivity index (χ0v) is 29.6. The molecule has 1 saturated heterocycles. The molecular weight excluding hydrogens is 602 g/mol. The van der Waals surface area contributed by atoms with E-state index in [1.807, 2.05) is 13.0 Å². The van der Waals surface area contributed by atoms with Crippen LogP contribution in [0.15, 0.2) is 42.5 Å². The van der Waals surface area contributed by atoms with Gasteiger partial charge in [0.25, 0.3) is 11.8 Å². The summed E-state index contributed by atoms with van der Waals surface area (Å²) >= 11 is 7.10. The fourth-order valence-corrected chi connectivity index (χ4v) is 6.47. The van der Waals surface area contributed by atoms with Crippen LogP contribution in [0.2, 0.25) is 0 Å². The van der Waals surface area contributed by atoms with Crippen molar-refractivity contribution < 1.29 is 24.0 Å². The number of carbonyl (C=O) groups excluding carboxylic acids is 4. The van der Waals surface area contributed by atoms with Gasteiger partial charge in [0.15, 0.2) is 5.75 Å². The average Bonchev–Trinajstić information content (AvgIpc) is 3.22. The highest BCUT2D eigenvalue weighted by atomic mass is 35.5. The number of rotatable bonds is 12. The van der Waals surface area contributed by atoms with Gasteiger partial charge in [-0.1, -0.05) is 91.6 Å². The summed E-state index contributed by atoms with van der Waals surface area (Å²) < 4.78 is 0. The van der Waals surface area contributed by atoms with E-state index in [1.165, 1.54) is 12.0 Å². The molecule has 46 heavy (non-hydrogen) atoms. The lowest BCUT2D eigenvalue weighted by Gasteiger charge is -2.44. The van der Waals surface area contributed by atoms with Gasteiger partial charge in [0.1, 0.15) is 0 Å². The van der Waals surface area contributed by atoms with Crippen molar-refractivity contribution in [3.8, 4) is 5.75 Å². The van der Waals surface area contributed by atoms with Gasteiger partial charge in [0, 0.05) is 30.5 Å². The average molecular weight is 652 g/mol. The van der Waals surface area contributed by atoms with Crippen molar-refractivity contribution in [1.82, 2.24) is 4.90 Å². The molecule has 2 aliphatic rings. The van der Waals surface area contributed by atoms with Crippen molar-refractivity contribution in [2.24, 2.45) is 11.3 Å². The van der Waals surface area contributed by atoms with Gasteiger partial charge in [-0.25, -0.2) is 0 Å². The van der Waals surface area contributed by atoms with Crippen molar-refractivity contribution in [2.45, 2.75) is 123 Å². The van der Waals surface area contributed by atoms with E-state index in [2.05, 4.69) is 59.0 Å². The highest BCUT2D eigenvalue weighted by Gasteiger charge is 2.61. The highest BCUT2D eigenvalue weighted by Crippen LogP contribution is 2.49. The molecular formula is C37H50ClN3O5. The normalized spacial score (nSPS) is 20.3. The van der Waals surface area contributed by atoms with Crippen LogP contribution in [0.4, 0.5) is 11.4 Å². The number of nitrogens with one attached hydrogen (secondary N) is 1. The SMILES string of the molecule is CCC1(C)CC(=O)N(C(Cl)(C(=O)Nc2cccc(N(Oc3cc(C(C)(C)CC)ccc3C(C)(C)CC)C(C)=O)c2)C2CCC2)C1=O. The molecule has 4 rings (SSSR count). The molecule has 2 aromatic carbocycles. The van der Waals surface area contributed by atoms with Crippen LogP contribution in [0, 0.1) is 11.3 Å². The Balaban J connectivity index is 1.69. The van der Waals surface area contributed by atoms with Gasteiger partial charge in [0.05, 0.1) is 11.1 Å². The molecule has 0 spiro atoms. The number of anilines is 2. The number of carbonyl (C=O) groups is 4. The fraction of sp³-hybridized carbons (Fsp3) is 0.568. The van der Waals surface area contributed by atoms with E-state index in [0.29, 0.717) is 36.4 Å². The molecule has 1 saturated carbocycles. The Bertz CT molecular complexity index is 1520. The largest absolute Gasteiger partial charge is 0.372 e. The first-order chi connectivity index (χ1) is 21.4. The van der Waals surface area contributed by atoms with Crippen molar-refractivity contribution in [3.63, 3.8) is 0 Å². The summed E-state index contributed by atoms with van der Waals surface area (Å²) in [5.41, 5.74) is 1.63. The van der Waals surface area contributed by atoms with Gasteiger partial charge >= 0.3 is 0 Å². The van der Waals surface area contributed by atoms with Crippen LogP contribution in [0.5, 0.6) is 5.75 Å². The van der Waals surface area contributed by atoms with Crippen LogP contribution >= 0.6 is 11.6 Å². The molecule has 1 heterocycles. The van der Waals surface area contributed by atoms with Gasteiger partial charge < -0.3 is 10.2 Å². The Morgan fingerprint density at radius 2 is 1.67 bits per heavy atom. The lowest BCUT2D eigenvalue weighted by atomic mass is 9.77. The molecule has 4 amide bonds. The third-order valence-electron chi connectivity index (χ3n) is 10.7. The minimum absolute atomic E-state index is 0.0185. The molecule has 2 atom stereocenters. The van der Waals surface area contributed by atoms with E-state index >= 15 is 0 Å². The molecule has 1 N–H and O–H groups in total. The number of hydroxylamine groups is 1. The van der Waals surface area contributed by atoms with E-state index < -0.39 is 28.1 Å².